The van der Waals surface area contributed by atoms with E-state index in [1.54, 1.807) is 48.9 Å². The van der Waals surface area contributed by atoms with Gasteiger partial charge >= 0.3 is 0 Å². The molecule has 1 N–H and O–H groups in total. The van der Waals surface area contributed by atoms with Crippen LogP contribution in [-0.2, 0) is 6.54 Å². The second-order valence-corrected chi connectivity index (χ2v) is 9.15. The van der Waals surface area contributed by atoms with Crippen LogP contribution in [0.15, 0.2) is 67.1 Å². The zero-order valence-electron chi connectivity index (χ0n) is 19.3. The molecular weight excluding hydrogens is 430 g/mol. The van der Waals surface area contributed by atoms with E-state index < -0.39 is 5.60 Å². The van der Waals surface area contributed by atoms with E-state index in [-0.39, 0.29) is 17.9 Å². The molecule has 0 saturated carbocycles. The van der Waals surface area contributed by atoms with Gasteiger partial charge < -0.3 is 15.0 Å². The number of carbonyl (C=O) groups excluding carboxylic acids is 2. The number of nitrogens with zero attached hydrogens (tertiary/aromatic N) is 4. The molecule has 1 saturated heterocycles. The highest BCUT2D eigenvalue weighted by molar-refractivity contribution is 6.07. The minimum atomic E-state index is -0.558. The Bertz CT molecular complexity index is 1190. The van der Waals surface area contributed by atoms with Crippen LogP contribution in [0, 0.1) is 0 Å². The Morgan fingerprint density at radius 2 is 1.85 bits per heavy atom. The number of fused-ring (bicyclic) bond motifs is 1. The summed E-state index contributed by atoms with van der Waals surface area (Å²) in [6.45, 7) is 6.54. The van der Waals surface area contributed by atoms with Crippen LogP contribution in [0.2, 0.25) is 0 Å². The summed E-state index contributed by atoms with van der Waals surface area (Å²) in [5, 5.41) is 2.93. The summed E-state index contributed by atoms with van der Waals surface area (Å²) in [4.78, 5) is 38.8. The van der Waals surface area contributed by atoms with Crippen LogP contribution in [-0.4, -0.2) is 62.9 Å². The quantitative estimate of drug-likeness (QED) is 0.633. The number of benzene rings is 1. The van der Waals surface area contributed by atoms with Crippen LogP contribution in [0.25, 0.3) is 0 Å². The van der Waals surface area contributed by atoms with Gasteiger partial charge in [0.1, 0.15) is 0 Å². The SMILES string of the molecule is CC(C)N1CC2(CN(Cc3ccccn3)C2)Oc2c(NC(=O)c3ccncc3)cccc2C1=O. The summed E-state index contributed by atoms with van der Waals surface area (Å²) >= 11 is 0. The fraction of sp³-hybridized carbons (Fsp3) is 0.308. The van der Waals surface area contributed by atoms with E-state index in [0.29, 0.717) is 42.2 Å². The molecule has 5 rings (SSSR count). The van der Waals surface area contributed by atoms with Crippen molar-refractivity contribution in [3.05, 3.63) is 83.9 Å². The lowest BCUT2D eigenvalue weighted by Crippen LogP contribution is -2.69. The average Bonchev–Trinajstić information content (AvgIpc) is 2.96. The molecule has 174 valence electrons. The molecule has 0 unspecified atom stereocenters. The summed E-state index contributed by atoms with van der Waals surface area (Å²) in [6.07, 6.45) is 4.93. The number of rotatable bonds is 5. The number of nitrogens with one attached hydrogen (secondary N) is 1. The number of hydrogen-bond acceptors (Lipinski definition) is 6. The molecule has 2 aliphatic heterocycles. The molecule has 0 radical (unpaired) electrons. The molecule has 1 aromatic carbocycles. The van der Waals surface area contributed by atoms with Crippen LogP contribution in [0.4, 0.5) is 5.69 Å². The number of para-hydroxylation sites is 1. The van der Waals surface area contributed by atoms with E-state index in [4.69, 9.17) is 4.74 Å². The number of pyridine rings is 2. The van der Waals surface area contributed by atoms with Crippen molar-refractivity contribution in [2.24, 2.45) is 0 Å². The van der Waals surface area contributed by atoms with Gasteiger partial charge in [0.25, 0.3) is 11.8 Å². The fourth-order valence-electron chi connectivity index (χ4n) is 4.58. The first-order valence-corrected chi connectivity index (χ1v) is 11.4. The lowest BCUT2D eigenvalue weighted by molar-refractivity contribution is -0.0928. The van der Waals surface area contributed by atoms with Gasteiger partial charge in [-0.1, -0.05) is 12.1 Å². The lowest BCUT2D eigenvalue weighted by atomic mass is 9.92. The van der Waals surface area contributed by atoms with E-state index in [1.165, 1.54) is 0 Å². The largest absolute Gasteiger partial charge is 0.480 e. The molecule has 4 heterocycles. The van der Waals surface area contributed by atoms with Crippen molar-refractivity contribution in [3.63, 3.8) is 0 Å². The topological polar surface area (TPSA) is 87.7 Å². The van der Waals surface area contributed by atoms with Crippen molar-refractivity contribution >= 4 is 17.5 Å². The lowest BCUT2D eigenvalue weighted by Gasteiger charge is -2.50. The third-order valence-electron chi connectivity index (χ3n) is 6.23. The molecule has 8 nitrogen and oxygen atoms in total. The highest BCUT2D eigenvalue weighted by atomic mass is 16.5. The Morgan fingerprint density at radius 3 is 2.56 bits per heavy atom. The van der Waals surface area contributed by atoms with Crippen molar-refractivity contribution in [2.75, 3.05) is 25.0 Å². The molecule has 34 heavy (non-hydrogen) atoms. The molecule has 8 heteroatoms. The number of ether oxygens (including phenoxy) is 1. The number of aromatic nitrogens is 2. The molecular formula is C26H27N5O3. The van der Waals surface area contributed by atoms with Gasteiger partial charge in [0.15, 0.2) is 11.4 Å². The van der Waals surface area contributed by atoms with Gasteiger partial charge in [-0.15, -0.1) is 0 Å². The van der Waals surface area contributed by atoms with E-state index in [9.17, 15) is 9.59 Å². The van der Waals surface area contributed by atoms with Gasteiger partial charge in [-0.05, 0) is 50.2 Å². The standard InChI is InChI=1S/C26H27N5O3/c1-18(2)31-17-26(15-30(16-26)14-20-6-3-4-11-28-20)34-23-21(25(31)33)7-5-8-22(23)29-24(32)19-9-12-27-13-10-19/h3-13,18H,14-17H2,1-2H3,(H,29,32). The van der Waals surface area contributed by atoms with Gasteiger partial charge in [0.05, 0.1) is 23.5 Å². The van der Waals surface area contributed by atoms with Gasteiger partial charge in [-0.2, -0.15) is 0 Å². The van der Waals surface area contributed by atoms with Crippen molar-refractivity contribution in [3.8, 4) is 5.75 Å². The van der Waals surface area contributed by atoms with Gasteiger partial charge in [0, 0.05) is 49.8 Å². The molecule has 1 fully saturated rings. The van der Waals surface area contributed by atoms with Crippen LogP contribution in [0.1, 0.15) is 40.3 Å². The predicted octanol–water partition coefficient (Wildman–Crippen LogP) is 3.23. The Labute approximate surface area is 198 Å². The Morgan fingerprint density at radius 1 is 1.06 bits per heavy atom. The molecule has 0 bridgehead atoms. The van der Waals surface area contributed by atoms with E-state index in [2.05, 4.69) is 20.2 Å². The van der Waals surface area contributed by atoms with Crippen molar-refractivity contribution in [1.29, 1.82) is 0 Å². The van der Waals surface area contributed by atoms with Gasteiger partial charge in [-0.25, -0.2) is 0 Å². The maximum absolute atomic E-state index is 13.5. The Kier molecular flexibility index (Phi) is 5.75. The number of hydrogen-bond donors (Lipinski definition) is 1. The van der Waals surface area contributed by atoms with Crippen LogP contribution < -0.4 is 10.1 Å². The molecule has 0 aliphatic carbocycles. The highest BCUT2D eigenvalue weighted by Crippen LogP contribution is 2.40. The van der Waals surface area contributed by atoms with Crippen LogP contribution in [0.3, 0.4) is 0 Å². The minimum absolute atomic E-state index is 0.0128. The Balaban J connectivity index is 1.44. The van der Waals surface area contributed by atoms with Crippen LogP contribution in [0.5, 0.6) is 5.75 Å². The number of anilines is 1. The molecule has 3 aromatic rings. The van der Waals surface area contributed by atoms with Crippen LogP contribution >= 0.6 is 0 Å². The number of amides is 2. The summed E-state index contributed by atoms with van der Waals surface area (Å²) < 4.78 is 6.62. The normalized spacial score (nSPS) is 17.0. The zero-order valence-corrected chi connectivity index (χ0v) is 19.3. The zero-order chi connectivity index (χ0) is 23.7. The molecule has 2 amide bonds. The number of likely N-dealkylation sites (tertiary alicyclic amines) is 1. The third kappa shape index (κ3) is 4.24. The predicted molar refractivity (Wildman–Crippen MR) is 128 cm³/mol. The van der Waals surface area contributed by atoms with E-state index >= 15 is 0 Å². The van der Waals surface area contributed by atoms with Gasteiger partial charge in [-0.3, -0.25) is 24.5 Å². The smallest absolute Gasteiger partial charge is 0.258 e. The number of carbonyl (C=O) groups is 2. The monoisotopic (exact) mass is 457 g/mol. The minimum Gasteiger partial charge on any atom is -0.480 e. The second-order valence-electron chi connectivity index (χ2n) is 9.15. The first-order chi connectivity index (χ1) is 16.4. The summed E-state index contributed by atoms with van der Waals surface area (Å²) in [6, 6.07) is 14.5. The van der Waals surface area contributed by atoms with Crippen molar-refractivity contribution in [2.45, 2.75) is 32.0 Å². The first kappa shape index (κ1) is 22.0. The molecule has 1 spiro atoms. The maximum Gasteiger partial charge on any atom is 0.258 e. The summed E-state index contributed by atoms with van der Waals surface area (Å²) in [5.74, 6) is 0.0526. The molecule has 2 aliphatic rings. The van der Waals surface area contributed by atoms with Crippen molar-refractivity contribution < 1.29 is 14.3 Å². The first-order valence-electron chi connectivity index (χ1n) is 11.4. The van der Waals surface area contributed by atoms with E-state index in [1.807, 2.05) is 36.9 Å². The Hall–Kier alpha value is -3.78. The second kappa shape index (κ2) is 8.87. The summed E-state index contributed by atoms with van der Waals surface area (Å²) in [5.41, 5.74) is 1.86. The highest BCUT2D eigenvalue weighted by Gasteiger charge is 2.50. The molecule has 2 aromatic heterocycles. The third-order valence-corrected chi connectivity index (χ3v) is 6.23. The fourth-order valence-corrected chi connectivity index (χ4v) is 4.58. The molecule has 0 atom stereocenters. The van der Waals surface area contributed by atoms with E-state index in [0.717, 1.165) is 12.2 Å². The van der Waals surface area contributed by atoms with Gasteiger partial charge in [0.2, 0.25) is 0 Å². The maximum atomic E-state index is 13.5. The summed E-state index contributed by atoms with van der Waals surface area (Å²) in [7, 11) is 0. The average molecular weight is 458 g/mol. The van der Waals surface area contributed by atoms with Crippen molar-refractivity contribution in [1.82, 2.24) is 19.8 Å².